The molecule has 1 aliphatic heterocycles. The van der Waals surface area contributed by atoms with Crippen LogP contribution < -0.4 is 4.90 Å². The molecule has 1 unspecified atom stereocenters. The number of aliphatic hydroxyl groups excluding tert-OH is 1. The predicted molar refractivity (Wildman–Crippen MR) is 60.2 cm³/mol. The smallest absolute Gasteiger partial charge is 0.256 e. The highest BCUT2D eigenvalue weighted by molar-refractivity contribution is 5.97. The van der Waals surface area contributed by atoms with Crippen molar-refractivity contribution in [2.45, 2.75) is 12.5 Å². The zero-order valence-corrected chi connectivity index (χ0v) is 9.30. The van der Waals surface area contributed by atoms with Gasteiger partial charge in [0.05, 0.1) is 6.61 Å². The van der Waals surface area contributed by atoms with Crippen molar-refractivity contribution in [2.24, 2.45) is 0 Å². The molecule has 1 amide bonds. The highest BCUT2D eigenvalue weighted by atomic mass is 19.1. The van der Waals surface area contributed by atoms with Crippen molar-refractivity contribution in [1.29, 1.82) is 0 Å². The van der Waals surface area contributed by atoms with Crippen LogP contribution in [0.25, 0.3) is 0 Å². The number of ether oxygens (including phenoxy) is 1. The molecule has 0 spiro atoms. The molecule has 0 aromatic heterocycles. The van der Waals surface area contributed by atoms with Crippen molar-refractivity contribution in [2.75, 3.05) is 24.7 Å². The van der Waals surface area contributed by atoms with Crippen LogP contribution >= 0.6 is 0 Å². The van der Waals surface area contributed by atoms with Crippen molar-refractivity contribution in [1.82, 2.24) is 0 Å². The maximum atomic E-state index is 13.1. The third kappa shape index (κ3) is 2.62. The number of amides is 1. The highest BCUT2D eigenvalue weighted by Gasteiger charge is 2.30. The molecule has 0 saturated carbocycles. The number of carbonyl (C=O) groups is 1. The Morgan fingerprint density at radius 2 is 2.35 bits per heavy atom. The second-order valence-electron chi connectivity index (χ2n) is 3.84. The van der Waals surface area contributed by atoms with Gasteiger partial charge in [-0.15, -0.1) is 0 Å². The monoisotopic (exact) mass is 239 g/mol. The SMILES string of the molecule is O=C1C(CCO)OCCN1c1cccc(F)c1. The number of halogens is 1. The summed E-state index contributed by atoms with van der Waals surface area (Å²) in [5, 5.41) is 8.83. The first-order valence-electron chi connectivity index (χ1n) is 5.52. The number of hydrogen-bond acceptors (Lipinski definition) is 3. The Bertz CT molecular complexity index is 408. The second kappa shape index (κ2) is 5.25. The first-order chi connectivity index (χ1) is 8.22. The third-order valence-corrected chi connectivity index (χ3v) is 2.69. The van der Waals surface area contributed by atoms with E-state index in [1.807, 2.05) is 0 Å². The molecule has 92 valence electrons. The molecule has 5 heteroatoms. The quantitative estimate of drug-likeness (QED) is 0.854. The van der Waals surface area contributed by atoms with E-state index in [0.29, 0.717) is 18.8 Å². The molecule has 0 radical (unpaired) electrons. The van der Waals surface area contributed by atoms with Gasteiger partial charge < -0.3 is 14.7 Å². The van der Waals surface area contributed by atoms with E-state index >= 15 is 0 Å². The fraction of sp³-hybridized carbons (Fsp3) is 0.417. The lowest BCUT2D eigenvalue weighted by molar-refractivity contribution is -0.134. The van der Waals surface area contributed by atoms with E-state index in [2.05, 4.69) is 0 Å². The first kappa shape index (κ1) is 12.0. The maximum Gasteiger partial charge on any atom is 0.256 e. The molecule has 1 N–H and O–H groups in total. The lowest BCUT2D eigenvalue weighted by Crippen LogP contribution is -2.48. The van der Waals surface area contributed by atoms with Crippen LogP contribution in [0.1, 0.15) is 6.42 Å². The largest absolute Gasteiger partial charge is 0.396 e. The Hall–Kier alpha value is -1.46. The van der Waals surface area contributed by atoms with Gasteiger partial charge in [0, 0.05) is 25.3 Å². The zero-order valence-electron chi connectivity index (χ0n) is 9.30. The van der Waals surface area contributed by atoms with Crippen molar-refractivity contribution < 1.29 is 19.0 Å². The van der Waals surface area contributed by atoms with E-state index in [9.17, 15) is 9.18 Å². The molecule has 2 rings (SSSR count). The van der Waals surface area contributed by atoms with Crippen molar-refractivity contribution in [3.05, 3.63) is 30.1 Å². The molecule has 4 nitrogen and oxygen atoms in total. The summed E-state index contributed by atoms with van der Waals surface area (Å²) >= 11 is 0. The fourth-order valence-corrected chi connectivity index (χ4v) is 1.87. The summed E-state index contributed by atoms with van der Waals surface area (Å²) in [6.07, 6.45) is -0.359. The van der Waals surface area contributed by atoms with Crippen molar-refractivity contribution >= 4 is 11.6 Å². The van der Waals surface area contributed by atoms with Crippen LogP contribution in [-0.4, -0.2) is 36.9 Å². The zero-order chi connectivity index (χ0) is 12.3. The van der Waals surface area contributed by atoms with Crippen molar-refractivity contribution in [3.8, 4) is 0 Å². The average Bonchev–Trinajstić information content (AvgIpc) is 2.32. The third-order valence-electron chi connectivity index (χ3n) is 2.69. The highest BCUT2D eigenvalue weighted by Crippen LogP contribution is 2.20. The predicted octanol–water partition coefficient (Wildman–Crippen LogP) is 0.940. The molecule has 1 fully saturated rings. The van der Waals surface area contributed by atoms with Crippen LogP contribution in [0.5, 0.6) is 0 Å². The number of anilines is 1. The minimum atomic E-state index is -0.628. The van der Waals surface area contributed by atoms with E-state index in [0.717, 1.165) is 0 Å². The standard InChI is InChI=1S/C12H14FNO3/c13-9-2-1-3-10(8-9)14-5-7-17-11(4-6-15)12(14)16/h1-3,8,11,15H,4-7H2. The molecule has 1 aromatic rings. The molecule has 1 heterocycles. The van der Waals surface area contributed by atoms with Gasteiger partial charge in [0.1, 0.15) is 11.9 Å². The van der Waals surface area contributed by atoms with Gasteiger partial charge in [-0.25, -0.2) is 4.39 Å². The summed E-state index contributed by atoms with van der Waals surface area (Å²) in [5.74, 6) is -0.601. The summed E-state index contributed by atoms with van der Waals surface area (Å²) < 4.78 is 18.4. The molecule has 1 saturated heterocycles. The Kier molecular flexibility index (Phi) is 3.71. The minimum Gasteiger partial charge on any atom is -0.396 e. The topological polar surface area (TPSA) is 49.8 Å². The lowest BCUT2D eigenvalue weighted by atomic mass is 10.1. The molecular weight excluding hydrogens is 225 g/mol. The summed E-state index contributed by atoms with van der Waals surface area (Å²) in [6, 6.07) is 5.90. The summed E-state index contributed by atoms with van der Waals surface area (Å²) in [4.78, 5) is 13.5. The number of morpholine rings is 1. The van der Waals surface area contributed by atoms with Crippen LogP contribution in [0.4, 0.5) is 10.1 Å². The summed E-state index contributed by atoms with van der Waals surface area (Å²) in [6.45, 7) is 0.699. The molecule has 1 atom stereocenters. The molecule has 0 aliphatic carbocycles. The second-order valence-corrected chi connectivity index (χ2v) is 3.84. The van der Waals surface area contributed by atoms with Crippen LogP contribution in [0.15, 0.2) is 24.3 Å². The average molecular weight is 239 g/mol. The van der Waals surface area contributed by atoms with Gasteiger partial charge in [-0.1, -0.05) is 6.07 Å². The Labute approximate surface area is 98.6 Å². The summed E-state index contributed by atoms with van der Waals surface area (Å²) in [5.41, 5.74) is 0.529. The van der Waals surface area contributed by atoms with Gasteiger partial charge >= 0.3 is 0 Å². The van der Waals surface area contributed by atoms with Crippen LogP contribution in [-0.2, 0) is 9.53 Å². The number of hydrogen-bond donors (Lipinski definition) is 1. The molecule has 17 heavy (non-hydrogen) atoms. The molecule has 1 aliphatic rings. The van der Waals surface area contributed by atoms with Gasteiger partial charge in [-0.2, -0.15) is 0 Å². The van der Waals surface area contributed by atoms with Crippen LogP contribution in [0, 0.1) is 5.82 Å². The van der Waals surface area contributed by atoms with Crippen molar-refractivity contribution in [3.63, 3.8) is 0 Å². The summed E-state index contributed by atoms with van der Waals surface area (Å²) in [7, 11) is 0. The molecule has 1 aromatic carbocycles. The molecule has 0 bridgehead atoms. The minimum absolute atomic E-state index is 0.104. The number of carbonyl (C=O) groups excluding carboxylic acids is 1. The van der Waals surface area contributed by atoms with E-state index < -0.39 is 6.10 Å². The number of nitrogens with zero attached hydrogens (tertiary/aromatic N) is 1. The number of aliphatic hydroxyl groups is 1. The Morgan fingerprint density at radius 1 is 1.53 bits per heavy atom. The Balaban J connectivity index is 2.17. The number of benzene rings is 1. The normalized spacial score (nSPS) is 20.7. The number of rotatable bonds is 3. The van der Waals surface area contributed by atoms with Gasteiger partial charge in [-0.05, 0) is 18.2 Å². The van der Waals surface area contributed by atoms with Gasteiger partial charge in [0.15, 0.2) is 0 Å². The van der Waals surface area contributed by atoms with Gasteiger partial charge in [0.2, 0.25) is 0 Å². The fourth-order valence-electron chi connectivity index (χ4n) is 1.87. The lowest BCUT2D eigenvalue weighted by Gasteiger charge is -2.32. The van der Waals surface area contributed by atoms with Crippen LogP contribution in [0.2, 0.25) is 0 Å². The molecular formula is C12H14FNO3. The maximum absolute atomic E-state index is 13.1. The van der Waals surface area contributed by atoms with E-state index in [4.69, 9.17) is 9.84 Å². The van der Waals surface area contributed by atoms with E-state index in [-0.39, 0.29) is 24.8 Å². The first-order valence-corrected chi connectivity index (χ1v) is 5.52. The van der Waals surface area contributed by atoms with E-state index in [1.54, 1.807) is 12.1 Å². The van der Waals surface area contributed by atoms with E-state index in [1.165, 1.54) is 17.0 Å². The van der Waals surface area contributed by atoms with Gasteiger partial charge in [0.25, 0.3) is 5.91 Å². The van der Waals surface area contributed by atoms with Gasteiger partial charge in [-0.3, -0.25) is 4.79 Å². The van der Waals surface area contributed by atoms with Crippen LogP contribution in [0.3, 0.4) is 0 Å². The Morgan fingerprint density at radius 3 is 3.06 bits per heavy atom.